The van der Waals surface area contributed by atoms with Crippen LogP contribution in [0.2, 0.25) is 0 Å². The number of aryl methyl sites for hydroxylation is 1. The van der Waals surface area contributed by atoms with Gasteiger partial charge in [0.1, 0.15) is 5.75 Å². The van der Waals surface area contributed by atoms with E-state index >= 15 is 0 Å². The van der Waals surface area contributed by atoms with Gasteiger partial charge in [-0.25, -0.2) is 0 Å². The standard InChI is InChI=1S/C13H18O3/c1-4-11-5-12(9(2)8-14)7-13(6-11)16-10(3)15/h5-7,9,14H,4,8H2,1-3H3. The zero-order valence-electron chi connectivity index (χ0n) is 9.99. The van der Waals surface area contributed by atoms with Crippen LogP contribution in [0.1, 0.15) is 37.8 Å². The molecule has 0 bridgehead atoms. The first-order chi connectivity index (χ1) is 7.56. The molecule has 1 N–H and O–H groups in total. The van der Waals surface area contributed by atoms with Crippen LogP contribution in [-0.2, 0) is 11.2 Å². The van der Waals surface area contributed by atoms with Crippen LogP contribution >= 0.6 is 0 Å². The van der Waals surface area contributed by atoms with Gasteiger partial charge in [-0.2, -0.15) is 0 Å². The number of carbonyl (C=O) groups is 1. The van der Waals surface area contributed by atoms with Crippen molar-refractivity contribution < 1.29 is 14.6 Å². The molecule has 0 aliphatic heterocycles. The quantitative estimate of drug-likeness (QED) is 0.628. The van der Waals surface area contributed by atoms with Crippen molar-refractivity contribution >= 4 is 5.97 Å². The number of aliphatic hydroxyl groups is 1. The Morgan fingerprint density at radius 1 is 1.44 bits per heavy atom. The summed E-state index contributed by atoms with van der Waals surface area (Å²) in [6.45, 7) is 5.45. The molecule has 0 aromatic heterocycles. The first-order valence-electron chi connectivity index (χ1n) is 5.50. The fraction of sp³-hybridized carbons (Fsp3) is 0.462. The Morgan fingerprint density at radius 3 is 2.62 bits per heavy atom. The van der Waals surface area contributed by atoms with E-state index in [2.05, 4.69) is 0 Å². The number of aliphatic hydroxyl groups excluding tert-OH is 1. The summed E-state index contributed by atoms with van der Waals surface area (Å²) < 4.78 is 5.07. The molecule has 0 saturated heterocycles. The molecule has 0 spiro atoms. The molecule has 0 radical (unpaired) electrons. The number of esters is 1. The van der Waals surface area contributed by atoms with Gasteiger partial charge in [0.05, 0.1) is 0 Å². The Hall–Kier alpha value is -1.35. The van der Waals surface area contributed by atoms with E-state index in [4.69, 9.17) is 9.84 Å². The van der Waals surface area contributed by atoms with Crippen LogP contribution in [0.3, 0.4) is 0 Å². The van der Waals surface area contributed by atoms with Crippen LogP contribution in [0, 0.1) is 0 Å². The van der Waals surface area contributed by atoms with Crippen molar-refractivity contribution in [3.05, 3.63) is 29.3 Å². The Balaban J connectivity index is 3.05. The minimum atomic E-state index is -0.323. The van der Waals surface area contributed by atoms with Gasteiger partial charge in [0, 0.05) is 19.4 Å². The number of carbonyl (C=O) groups excluding carboxylic acids is 1. The SMILES string of the molecule is CCc1cc(OC(C)=O)cc(C(C)CO)c1. The van der Waals surface area contributed by atoms with Crippen LogP contribution < -0.4 is 4.74 Å². The van der Waals surface area contributed by atoms with E-state index < -0.39 is 0 Å². The van der Waals surface area contributed by atoms with Crippen molar-refractivity contribution in [1.82, 2.24) is 0 Å². The molecule has 88 valence electrons. The lowest BCUT2D eigenvalue weighted by Gasteiger charge is -2.12. The molecule has 1 rings (SSSR count). The summed E-state index contributed by atoms with van der Waals surface area (Å²) in [6.07, 6.45) is 0.875. The van der Waals surface area contributed by atoms with Gasteiger partial charge in [-0.15, -0.1) is 0 Å². The predicted octanol–water partition coefficient (Wildman–Crippen LogP) is 2.27. The van der Waals surface area contributed by atoms with E-state index in [1.807, 2.05) is 26.0 Å². The number of ether oxygens (including phenoxy) is 1. The van der Waals surface area contributed by atoms with Gasteiger partial charge in [0.2, 0.25) is 0 Å². The van der Waals surface area contributed by atoms with Crippen LogP contribution in [-0.4, -0.2) is 17.7 Å². The highest BCUT2D eigenvalue weighted by atomic mass is 16.5. The normalized spacial score (nSPS) is 12.2. The Kier molecular flexibility index (Phi) is 4.50. The summed E-state index contributed by atoms with van der Waals surface area (Å²) >= 11 is 0. The maximum atomic E-state index is 10.9. The van der Waals surface area contributed by atoms with E-state index in [0.717, 1.165) is 17.5 Å². The second kappa shape index (κ2) is 5.66. The molecule has 0 aliphatic carbocycles. The molecule has 1 unspecified atom stereocenters. The fourth-order valence-electron chi connectivity index (χ4n) is 1.51. The average molecular weight is 222 g/mol. The summed E-state index contributed by atoms with van der Waals surface area (Å²) in [5, 5.41) is 9.12. The van der Waals surface area contributed by atoms with Crippen LogP contribution in [0.5, 0.6) is 5.75 Å². The fourth-order valence-corrected chi connectivity index (χ4v) is 1.51. The van der Waals surface area contributed by atoms with Crippen molar-refractivity contribution in [1.29, 1.82) is 0 Å². The molecule has 1 aromatic carbocycles. The molecular weight excluding hydrogens is 204 g/mol. The third-order valence-electron chi connectivity index (χ3n) is 2.50. The van der Waals surface area contributed by atoms with Crippen molar-refractivity contribution in [2.75, 3.05) is 6.61 Å². The third kappa shape index (κ3) is 3.35. The summed E-state index contributed by atoms with van der Waals surface area (Å²) in [5.74, 6) is 0.291. The van der Waals surface area contributed by atoms with Crippen molar-refractivity contribution in [2.45, 2.75) is 33.1 Å². The number of hydrogen-bond acceptors (Lipinski definition) is 3. The predicted molar refractivity (Wildman–Crippen MR) is 62.6 cm³/mol. The minimum absolute atomic E-state index is 0.0563. The molecule has 0 heterocycles. The van der Waals surface area contributed by atoms with E-state index in [0.29, 0.717) is 5.75 Å². The summed E-state index contributed by atoms with van der Waals surface area (Å²) in [6, 6.07) is 5.70. The molecule has 16 heavy (non-hydrogen) atoms. The maximum Gasteiger partial charge on any atom is 0.308 e. The van der Waals surface area contributed by atoms with E-state index in [9.17, 15) is 4.79 Å². The molecule has 0 amide bonds. The molecular formula is C13H18O3. The van der Waals surface area contributed by atoms with Crippen molar-refractivity contribution in [3.8, 4) is 5.75 Å². The van der Waals surface area contributed by atoms with Gasteiger partial charge in [0.15, 0.2) is 0 Å². The Morgan fingerprint density at radius 2 is 2.12 bits per heavy atom. The number of rotatable bonds is 4. The highest BCUT2D eigenvalue weighted by Gasteiger charge is 2.08. The first-order valence-corrected chi connectivity index (χ1v) is 5.50. The topological polar surface area (TPSA) is 46.5 Å². The van der Waals surface area contributed by atoms with Gasteiger partial charge in [-0.1, -0.05) is 19.9 Å². The van der Waals surface area contributed by atoms with E-state index in [1.54, 1.807) is 6.07 Å². The molecule has 0 aliphatic rings. The largest absolute Gasteiger partial charge is 0.427 e. The lowest BCUT2D eigenvalue weighted by molar-refractivity contribution is -0.131. The van der Waals surface area contributed by atoms with Crippen LogP contribution in [0.15, 0.2) is 18.2 Å². The Bertz CT molecular complexity index is 371. The van der Waals surface area contributed by atoms with E-state index in [1.165, 1.54) is 6.92 Å². The smallest absolute Gasteiger partial charge is 0.308 e. The van der Waals surface area contributed by atoms with Gasteiger partial charge in [0.25, 0.3) is 0 Å². The molecule has 1 aromatic rings. The first kappa shape index (κ1) is 12.7. The summed E-state index contributed by atoms with van der Waals surface area (Å²) in [7, 11) is 0. The van der Waals surface area contributed by atoms with Crippen LogP contribution in [0.25, 0.3) is 0 Å². The number of benzene rings is 1. The van der Waals surface area contributed by atoms with Gasteiger partial charge in [-0.05, 0) is 29.7 Å². The van der Waals surface area contributed by atoms with Crippen molar-refractivity contribution in [2.24, 2.45) is 0 Å². The lowest BCUT2D eigenvalue weighted by Crippen LogP contribution is -2.05. The molecule has 3 nitrogen and oxygen atoms in total. The summed E-state index contributed by atoms with van der Waals surface area (Å²) in [4.78, 5) is 10.9. The maximum absolute atomic E-state index is 10.9. The third-order valence-corrected chi connectivity index (χ3v) is 2.50. The molecule has 0 fully saturated rings. The highest BCUT2D eigenvalue weighted by molar-refractivity contribution is 5.69. The Labute approximate surface area is 96.1 Å². The van der Waals surface area contributed by atoms with Gasteiger partial charge >= 0.3 is 5.97 Å². The molecule has 0 saturated carbocycles. The second-order valence-corrected chi connectivity index (χ2v) is 3.94. The van der Waals surface area contributed by atoms with E-state index in [-0.39, 0.29) is 18.5 Å². The minimum Gasteiger partial charge on any atom is -0.427 e. The lowest BCUT2D eigenvalue weighted by atomic mass is 9.98. The van der Waals surface area contributed by atoms with Gasteiger partial charge in [-0.3, -0.25) is 4.79 Å². The number of hydrogen-bond donors (Lipinski definition) is 1. The molecule has 3 heteroatoms. The zero-order chi connectivity index (χ0) is 12.1. The van der Waals surface area contributed by atoms with Crippen molar-refractivity contribution in [3.63, 3.8) is 0 Å². The zero-order valence-corrected chi connectivity index (χ0v) is 9.99. The summed E-state index contributed by atoms with van der Waals surface area (Å²) in [5.41, 5.74) is 2.10. The van der Waals surface area contributed by atoms with Crippen LogP contribution in [0.4, 0.5) is 0 Å². The molecule has 1 atom stereocenters. The second-order valence-electron chi connectivity index (χ2n) is 3.94. The monoisotopic (exact) mass is 222 g/mol. The average Bonchev–Trinajstić information content (AvgIpc) is 2.26. The highest BCUT2D eigenvalue weighted by Crippen LogP contribution is 2.23. The van der Waals surface area contributed by atoms with Gasteiger partial charge < -0.3 is 9.84 Å².